The standard InChI is InChI=1S/C19H26F3N5O/c1-4-17(28)27-8-7-25(10-14(27)9-13(2)3)16-11-26(12-19(20,21)22)18-15(24-16)5-6-23-18/h4-6,11,13-14,23-24H,1,7-10,12H2,2-3H3/t14-/m0/s1. The van der Waals surface area contributed by atoms with Gasteiger partial charge in [0.2, 0.25) is 5.91 Å². The average molecular weight is 397 g/mol. The summed E-state index contributed by atoms with van der Waals surface area (Å²) in [6, 6.07) is 1.69. The lowest BCUT2D eigenvalue weighted by molar-refractivity contribution is -0.131. The minimum Gasteiger partial charge on any atom is -0.353 e. The molecule has 2 aliphatic rings. The molecule has 0 radical (unpaired) electrons. The molecule has 9 heteroatoms. The molecule has 1 aromatic rings. The van der Waals surface area contributed by atoms with Crippen LogP contribution in [0, 0.1) is 5.92 Å². The van der Waals surface area contributed by atoms with E-state index in [2.05, 4.69) is 30.7 Å². The van der Waals surface area contributed by atoms with Gasteiger partial charge in [-0.05, 0) is 24.5 Å². The lowest BCUT2D eigenvalue weighted by Gasteiger charge is -2.44. The molecular formula is C19H26F3N5O. The number of hydrogen-bond donors (Lipinski definition) is 2. The highest BCUT2D eigenvalue weighted by atomic mass is 19.4. The summed E-state index contributed by atoms with van der Waals surface area (Å²) in [4.78, 5) is 20.1. The maximum atomic E-state index is 13.0. The summed E-state index contributed by atoms with van der Waals surface area (Å²) in [6.45, 7) is 8.27. The number of piperazine rings is 1. The third-order valence-corrected chi connectivity index (χ3v) is 4.93. The number of nitrogens with zero attached hydrogens (tertiary/aromatic N) is 3. The van der Waals surface area contributed by atoms with Crippen LogP contribution < -0.4 is 10.2 Å². The lowest BCUT2D eigenvalue weighted by atomic mass is 9.99. The Morgan fingerprint density at radius 2 is 2.14 bits per heavy atom. The van der Waals surface area contributed by atoms with Crippen molar-refractivity contribution in [3.05, 3.63) is 36.9 Å². The molecule has 3 rings (SSSR count). The number of anilines is 2. The number of carbonyl (C=O) groups is 1. The van der Waals surface area contributed by atoms with E-state index in [9.17, 15) is 18.0 Å². The SMILES string of the molecule is C=CC(=O)N1CCN(C2=CN(CC(F)(F)F)c3[nH]ccc3N2)C[C@@H]1CC(C)C. The van der Waals surface area contributed by atoms with E-state index in [4.69, 9.17) is 0 Å². The van der Waals surface area contributed by atoms with Crippen molar-refractivity contribution in [1.82, 2.24) is 14.8 Å². The summed E-state index contributed by atoms with van der Waals surface area (Å²) < 4.78 is 39.1. The molecule has 0 saturated carbocycles. The Bertz CT molecular complexity index is 755. The highest BCUT2D eigenvalue weighted by molar-refractivity contribution is 5.87. The molecule has 1 fully saturated rings. The average Bonchev–Trinajstić information content (AvgIpc) is 3.08. The minimum atomic E-state index is -4.32. The van der Waals surface area contributed by atoms with Crippen LogP contribution in [0.5, 0.6) is 0 Å². The number of aromatic nitrogens is 1. The number of rotatable bonds is 5. The first-order valence-corrected chi connectivity index (χ1v) is 9.35. The Morgan fingerprint density at radius 3 is 2.79 bits per heavy atom. The van der Waals surface area contributed by atoms with Gasteiger partial charge in [-0.3, -0.25) is 4.79 Å². The van der Waals surface area contributed by atoms with E-state index < -0.39 is 12.7 Å². The molecule has 0 spiro atoms. The molecule has 0 unspecified atom stereocenters. The van der Waals surface area contributed by atoms with E-state index in [1.54, 1.807) is 12.3 Å². The maximum absolute atomic E-state index is 13.0. The van der Waals surface area contributed by atoms with Gasteiger partial charge in [-0.1, -0.05) is 20.4 Å². The van der Waals surface area contributed by atoms with E-state index in [1.165, 1.54) is 17.2 Å². The Balaban J connectivity index is 1.82. The van der Waals surface area contributed by atoms with Crippen molar-refractivity contribution in [3.63, 3.8) is 0 Å². The van der Waals surface area contributed by atoms with Crippen LogP contribution in [-0.4, -0.2) is 59.1 Å². The zero-order chi connectivity index (χ0) is 20.5. The molecule has 2 aliphatic heterocycles. The molecule has 1 atom stereocenters. The van der Waals surface area contributed by atoms with Crippen molar-refractivity contribution in [2.45, 2.75) is 32.5 Å². The summed E-state index contributed by atoms with van der Waals surface area (Å²) in [6.07, 6.45) is 0.906. The van der Waals surface area contributed by atoms with Gasteiger partial charge >= 0.3 is 6.18 Å². The van der Waals surface area contributed by atoms with Crippen LogP contribution in [0.4, 0.5) is 24.7 Å². The van der Waals surface area contributed by atoms with Crippen molar-refractivity contribution >= 4 is 17.4 Å². The number of H-pyrrole nitrogens is 1. The van der Waals surface area contributed by atoms with Gasteiger partial charge in [-0.15, -0.1) is 0 Å². The quantitative estimate of drug-likeness (QED) is 0.749. The lowest BCUT2D eigenvalue weighted by Crippen LogP contribution is -2.55. The summed E-state index contributed by atoms with van der Waals surface area (Å²) in [5.74, 6) is 1.27. The van der Waals surface area contributed by atoms with E-state index >= 15 is 0 Å². The number of carbonyl (C=O) groups excluding carboxylic acids is 1. The third-order valence-electron chi connectivity index (χ3n) is 4.93. The number of nitrogens with one attached hydrogen (secondary N) is 2. The first-order valence-electron chi connectivity index (χ1n) is 9.35. The highest BCUT2D eigenvalue weighted by Gasteiger charge is 2.36. The second kappa shape index (κ2) is 7.81. The molecule has 6 nitrogen and oxygen atoms in total. The van der Waals surface area contributed by atoms with E-state index in [1.807, 2.05) is 9.80 Å². The van der Waals surface area contributed by atoms with Gasteiger partial charge in [-0.2, -0.15) is 13.2 Å². The summed E-state index contributed by atoms with van der Waals surface area (Å²) in [5, 5.41) is 3.22. The van der Waals surface area contributed by atoms with Crippen LogP contribution in [-0.2, 0) is 4.79 Å². The van der Waals surface area contributed by atoms with Crippen molar-refractivity contribution in [3.8, 4) is 0 Å². The Labute approximate surface area is 162 Å². The van der Waals surface area contributed by atoms with Crippen LogP contribution in [0.2, 0.25) is 0 Å². The van der Waals surface area contributed by atoms with E-state index in [0.717, 1.165) is 6.42 Å². The van der Waals surface area contributed by atoms with E-state index in [-0.39, 0.29) is 11.9 Å². The van der Waals surface area contributed by atoms with Gasteiger partial charge < -0.3 is 25.0 Å². The smallest absolute Gasteiger partial charge is 0.353 e. The molecule has 154 valence electrons. The zero-order valence-corrected chi connectivity index (χ0v) is 16.1. The molecule has 0 bridgehead atoms. The third kappa shape index (κ3) is 4.45. The fourth-order valence-corrected chi connectivity index (χ4v) is 3.79. The molecule has 2 N–H and O–H groups in total. The van der Waals surface area contributed by atoms with Crippen molar-refractivity contribution < 1.29 is 18.0 Å². The topological polar surface area (TPSA) is 54.6 Å². The number of halogens is 3. The minimum absolute atomic E-state index is 0.0226. The Hall–Kier alpha value is -2.58. The van der Waals surface area contributed by atoms with Gasteiger partial charge in [0, 0.05) is 38.1 Å². The van der Waals surface area contributed by atoms with E-state index in [0.29, 0.717) is 42.9 Å². The van der Waals surface area contributed by atoms with Crippen LogP contribution >= 0.6 is 0 Å². The molecule has 0 aromatic carbocycles. The predicted molar refractivity (Wildman–Crippen MR) is 103 cm³/mol. The molecule has 28 heavy (non-hydrogen) atoms. The van der Waals surface area contributed by atoms with Crippen molar-refractivity contribution in [1.29, 1.82) is 0 Å². The Morgan fingerprint density at radius 1 is 1.39 bits per heavy atom. The fourth-order valence-electron chi connectivity index (χ4n) is 3.79. The molecule has 1 saturated heterocycles. The summed E-state index contributed by atoms with van der Waals surface area (Å²) >= 11 is 0. The van der Waals surface area contributed by atoms with Crippen LogP contribution in [0.25, 0.3) is 0 Å². The van der Waals surface area contributed by atoms with Gasteiger partial charge in [0.1, 0.15) is 18.2 Å². The molecule has 0 aliphatic carbocycles. The molecule has 1 aromatic heterocycles. The van der Waals surface area contributed by atoms with Crippen LogP contribution in [0.1, 0.15) is 20.3 Å². The molecular weight excluding hydrogens is 371 g/mol. The van der Waals surface area contributed by atoms with Crippen molar-refractivity contribution in [2.24, 2.45) is 5.92 Å². The summed E-state index contributed by atoms with van der Waals surface area (Å²) in [5.41, 5.74) is 0.603. The second-order valence-electron chi connectivity index (χ2n) is 7.59. The number of fused-ring (bicyclic) bond motifs is 1. The number of hydrogen-bond acceptors (Lipinski definition) is 4. The van der Waals surface area contributed by atoms with Gasteiger partial charge in [0.15, 0.2) is 0 Å². The predicted octanol–water partition coefficient (Wildman–Crippen LogP) is 3.35. The normalized spacial score (nSPS) is 20.0. The van der Waals surface area contributed by atoms with Gasteiger partial charge in [0.25, 0.3) is 0 Å². The fraction of sp³-hybridized carbons (Fsp3) is 0.526. The highest BCUT2D eigenvalue weighted by Crippen LogP contribution is 2.34. The van der Waals surface area contributed by atoms with Gasteiger partial charge in [0.05, 0.1) is 5.69 Å². The molecule has 1 amide bonds. The summed E-state index contributed by atoms with van der Waals surface area (Å²) in [7, 11) is 0. The Kier molecular flexibility index (Phi) is 5.62. The van der Waals surface area contributed by atoms with Crippen molar-refractivity contribution in [2.75, 3.05) is 36.4 Å². The monoisotopic (exact) mass is 397 g/mol. The van der Waals surface area contributed by atoms with Crippen LogP contribution in [0.15, 0.2) is 36.9 Å². The first kappa shape index (κ1) is 20.2. The first-order chi connectivity index (χ1) is 13.2. The number of aromatic amines is 1. The second-order valence-corrected chi connectivity index (χ2v) is 7.59. The maximum Gasteiger partial charge on any atom is 0.406 e. The zero-order valence-electron chi connectivity index (χ0n) is 16.1. The van der Waals surface area contributed by atoms with Crippen LogP contribution in [0.3, 0.4) is 0 Å². The molecule has 3 heterocycles. The largest absolute Gasteiger partial charge is 0.406 e. The van der Waals surface area contributed by atoms with Gasteiger partial charge in [-0.25, -0.2) is 0 Å². The number of amides is 1. The number of alkyl halides is 3.